The first-order chi connectivity index (χ1) is 7.99. The molecule has 0 heterocycles. The van der Waals surface area contributed by atoms with Crippen LogP contribution < -0.4 is 5.73 Å². The van der Waals surface area contributed by atoms with Crippen LogP contribution >= 0.6 is 0 Å². The van der Waals surface area contributed by atoms with E-state index in [1.54, 1.807) is 12.1 Å². The van der Waals surface area contributed by atoms with Gasteiger partial charge >= 0.3 is 0 Å². The van der Waals surface area contributed by atoms with Crippen molar-refractivity contribution in [2.24, 2.45) is 5.73 Å². The summed E-state index contributed by atoms with van der Waals surface area (Å²) in [6, 6.07) is 6.19. The van der Waals surface area contributed by atoms with Gasteiger partial charge in [-0.05, 0) is 18.9 Å². The fourth-order valence-corrected chi connectivity index (χ4v) is 2.63. The molecule has 0 aromatic heterocycles. The van der Waals surface area contributed by atoms with E-state index in [0.717, 1.165) is 12.0 Å². The fourth-order valence-electron chi connectivity index (χ4n) is 1.29. The van der Waals surface area contributed by atoms with E-state index in [-0.39, 0.29) is 11.7 Å². The molecule has 1 aromatic carbocycles. The van der Waals surface area contributed by atoms with Crippen LogP contribution in [-0.4, -0.2) is 20.9 Å². The number of non-ortho nitro benzene ring substituents is 1. The van der Waals surface area contributed by atoms with Gasteiger partial charge in [0, 0.05) is 40.5 Å². The zero-order chi connectivity index (χ0) is 12.8. The van der Waals surface area contributed by atoms with Gasteiger partial charge in [0.25, 0.3) is 5.69 Å². The highest BCUT2D eigenvalue weighted by Crippen LogP contribution is 2.13. The largest absolute Gasteiger partial charge is 0.328 e. The molecule has 2 atom stereocenters. The summed E-state index contributed by atoms with van der Waals surface area (Å²) < 4.78 is 11.7. The Kier molecular flexibility index (Phi) is 5.24. The molecule has 0 spiro atoms. The van der Waals surface area contributed by atoms with Gasteiger partial charge in [-0.2, -0.15) is 0 Å². The Labute approximate surface area is 103 Å². The van der Waals surface area contributed by atoms with E-state index in [2.05, 4.69) is 0 Å². The van der Waals surface area contributed by atoms with Crippen LogP contribution in [0.4, 0.5) is 5.69 Å². The van der Waals surface area contributed by atoms with Crippen LogP contribution in [0.15, 0.2) is 24.3 Å². The summed E-state index contributed by atoms with van der Waals surface area (Å²) in [7, 11) is -0.959. The fraction of sp³-hybridized carbons (Fsp3) is 0.455. The van der Waals surface area contributed by atoms with Crippen molar-refractivity contribution in [2.45, 2.75) is 25.1 Å². The summed E-state index contributed by atoms with van der Waals surface area (Å²) in [4.78, 5) is 10.00. The van der Waals surface area contributed by atoms with Crippen LogP contribution in [-0.2, 0) is 16.6 Å². The van der Waals surface area contributed by atoms with Gasteiger partial charge in [-0.25, -0.2) is 0 Å². The van der Waals surface area contributed by atoms with E-state index in [1.165, 1.54) is 12.1 Å². The summed E-state index contributed by atoms with van der Waals surface area (Å²) >= 11 is 0. The zero-order valence-electron chi connectivity index (χ0n) is 9.67. The third kappa shape index (κ3) is 5.06. The molecule has 17 heavy (non-hydrogen) atoms. The van der Waals surface area contributed by atoms with Gasteiger partial charge in [0.05, 0.1) is 4.92 Å². The maximum atomic E-state index is 11.7. The molecule has 0 aliphatic rings. The first-order valence-corrected chi connectivity index (χ1v) is 6.81. The smallest absolute Gasteiger partial charge is 0.269 e. The molecule has 0 saturated carbocycles. The van der Waals surface area contributed by atoms with Crippen LogP contribution in [0.5, 0.6) is 0 Å². The minimum absolute atomic E-state index is 0.0510. The van der Waals surface area contributed by atoms with Crippen LogP contribution in [0.3, 0.4) is 0 Å². The second-order valence-electron chi connectivity index (χ2n) is 3.98. The minimum atomic E-state index is -0.959. The van der Waals surface area contributed by atoms with Crippen molar-refractivity contribution in [3.63, 3.8) is 0 Å². The highest BCUT2D eigenvalue weighted by Gasteiger charge is 2.07. The Morgan fingerprint density at radius 3 is 2.47 bits per heavy atom. The molecular formula is C11H16N2O3S. The van der Waals surface area contributed by atoms with Crippen LogP contribution in [0, 0.1) is 10.1 Å². The molecule has 0 radical (unpaired) electrons. The Morgan fingerprint density at radius 2 is 2.00 bits per heavy atom. The molecule has 1 aromatic rings. The lowest BCUT2D eigenvalue weighted by Gasteiger charge is -2.05. The number of hydrogen-bond acceptors (Lipinski definition) is 4. The first kappa shape index (κ1) is 13.8. The molecule has 0 saturated heterocycles. The lowest BCUT2D eigenvalue weighted by molar-refractivity contribution is -0.384. The number of nitrogens with zero attached hydrogens (tertiary/aromatic N) is 1. The molecule has 0 bridgehead atoms. The molecule has 2 N–H and O–H groups in total. The molecule has 94 valence electrons. The van der Waals surface area contributed by atoms with Crippen molar-refractivity contribution in [1.29, 1.82) is 0 Å². The average molecular weight is 256 g/mol. The average Bonchev–Trinajstić information content (AvgIpc) is 2.27. The Bertz CT molecular complexity index is 404. The van der Waals surface area contributed by atoms with Gasteiger partial charge in [-0.1, -0.05) is 12.1 Å². The molecule has 5 nitrogen and oxygen atoms in total. The zero-order valence-corrected chi connectivity index (χ0v) is 10.5. The number of nitro benzene ring substituents is 1. The number of hydrogen-bond donors (Lipinski definition) is 1. The van der Waals surface area contributed by atoms with Gasteiger partial charge in [0.1, 0.15) is 0 Å². The summed E-state index contributed by atoms with van der Waals surface area (Å²) in [6.07, 6.45) is 0.722. The third-order valence-electron chi connectivity index (χ3n) is 2.28. The van der Waals surface area contributed by atoms with Gasteiger partial charge in [-0.3, -0.25) is 14.3 Å². The monoisotopic (exact) mass is 256 g/mol. The second kappa shape index (κ2) is 6.46. The third-order valence-corrected chi connectivity index (χ3v) is 3.62. The van der Waals surface area contributed by atoms with Crippen molar-refractivity contribution >= 4 is 16.5 Å². The molecule has 6 heteroatoms. The normalized spacial score (nSPS) is 14.2. The highest BCUT2D eigenvalue weighted by atomic mass is 32.2. The van der Waals surface area contributed by atoms with Gasteiger partial charge in [0.15, 0.2) is 0 Å². The van der Waals surface area contributed by atoms with Crippen molar-refractivity contribution in [1.82, 2.24) is 0 Å². The predicted molar refractivity (Wildman–Crippen MR) is 68.1 cm³/mol. The van der Waals surface area contributed by atoms with Crippen molar-refractivity contribution in [2.75, 3.05) is 5.75 Å². The lowest BCUT2D eigenvalue weighted by atomic mass is 10.2. The van der Waals surface area contributed by atoms with Crippen molar-refractivity contribution in [3.8, 4) is 0 Å². The van der Waals surface area contributed by atoms with Crippen LogP contribution in [0.2, 0.25) is 0 Å². The van der Waals surface area contributed by atoms with Gasteiger partial charge in [0.2, 0.25) is 0 Å². The second-order valence-corrected chi connectivity index (χ2v) is 5.55. The first-order valence-electron chi connectivity index (χ1n) is 5.33. The molecular weight excluding hydrogens is 240 g/mol. The van der Waals surface area contributed by atoms with E-state index < -0.39 is 15.7 Å². The topological polar surface area (TPSA) is 86.2 Å². The number of benzene rings is 1. The van der Waals surface area contributed by atoms with E-state index in [0.29, 0.717) is 11.5 Å². The van der Waals surface area contributed by atoms with E-state index >= 15 is 0 Å². The van der Waals surface area contributed by atoms with Crippen LogP contribution in [0.1, 0.15) is 18.9 Å². The molecule has 1 rings (SSSR count). The van der Waals surface area contributed by atoms with Gasteiger partial charge < -0.3 is 5.73 Å². The predicted octanol–water partition coefficient (Wildman–Crippen LogP) is 1.58. The maximum Gasteiger partial charge on any atom is 0.269 e. The minimum Gasteiger partial charge on any atom is -0.328 e. The van der Waals surface area contributed by atoms with Crippen molar-refractivity contribution < 1.29 is 9.13 Å². The Hall–Kier alpha value is -1.27. The molecule has 2 unspecified atom stereocenters. The quantitative estimate of drug-likeness (QED) is 0.618. The molecule has 0 aliphatic carbocycles. The molecule has 0 aliphatic heterocycles. The maximum absolute atomic E-state index is 11.7. The number of rotatable bonds is 6. The van der Waals surface area contributed by atoms with E-state index in [1.807, 2.05) is 6.92 Å². The molecule has 0 fully saturated rings. The Balaban J connectivity index is 2.51. The van der Waals surface area contributed by atoms with Crippen molar-refractivity contribution in [3.05, 3.63) is 39.9 Å². The standard InChI is InChI=1S/C11H16N2O3S/c1-9(12)6-7-17(16)8-10-2-4-11(5-3-10)13(14)15/h2-5,9H,6-8,12H2,1H3. The Morgan fingerprint density at radius 1 is 1.41 bits per heavy atom. The summed E-state index contributed by atoms with van der Waals surface area (Å²) in [5.74, 6) is 0.985. The van der Waals surface area contributed by atoms with Gasteiger partial charge in [-0.15, -0.1) is 0 Å². The molecule has 0 amide bonds. The number of nitro groups is 1. The van der Waals surface area contributed by atoms with E-state index in [4.69, 9.17) is 5.73 Å². The summed E-state index contributed by atoms with van der Waals surface area (Å²) in [6.45, 7) is 1.88. The van der Waals surface area contributed by atoms with Crippen LogP contribution in [0.25, 0.3) is 0 Å². The summed E-state index contributed by atoms with van der Waals surface area (Å²) in [5, 5.41) is 10.4. The van der Waals surface area contributed by atoms with E-state index in [9.17, 15) is 14.3 Å². The lowest BCUT2D eigenvalue weighted by Crippen LogP contribution is -2.18. The summed E-state index contributed by atoms with van der Waals surface area (Å²) in [5.41, 5.74) is 6.47. The highest BCUT2D eigenvalue weighted by molar-refractivity contribution is 7.84. The number of nitrogens with two attached hydrogens (primary N) is 1. The SMILES string of the molecule is CC(N)CCS(=O)Cc1ccc([N+](=O)[O-])cc1.